The number of allylic oxidation sites excluding steroid dienone is 1. The molecule has 3 saturated carbocycles. The van der Waals surface area contributed by atoms with E-state index in [1.54, 1.807) is 5.57 Å². The van der Waals surface area contributed by atoms with E-state index < -0.39 is 6.09 Å². The van der Waals surface area contributed by atoms with Gasteiger partial charge < -0.3 is 10.5 Å². The number of fused-ring (bicyclic) bond motifs is 5. The van der Waals surface area contributed by atoms with Gasteiger partial charge in [-0.05, 0) is 91.3 Å². The summed E-state index contributed by atoms with van der Waals surface area (Å²) >= 11 is 0. The lowest BCUT2D eigenvalue weighted by Gasteiger charge is -2.58. The van der Waals surface area contributed by atoms with Crippen molar-refractivity contribution in [1.29, 1.82) is 0 Å². The first-order chi connectivity index (χ1) is 14.6. The van der Waals surface area contributed by atoms with E-state index in [-0.39, 0.29) is 6.10 Å². The van der Waals surface area contributed by atoms with Crippen molar-refractivity contribution in [1.82, 2.24) is 0 Å². The van der Waals surface area contributed by atoms with Crippen LogP contribution in [0.2, 0.25) is 0 Å². The zero-order valence-electron chi connectivity index (χ0n) is 20.8. The molecule has 0 aliphatic heterocycles. The fourth-order valence-corrected chi connectivity index (χ4v) is 8.92. The van der Waals surface area contributed by atoms with Crippen LogP contribution >= 0.6 is 0 Å². The van der Waals surface area contributed by atoms with E-state index in [9.17, 15) is 4.79 Å². The molecular formula is C28H47NO2. The lowest BCUT2D eigenvalue weighted by molar-refractivity contribution is -0.0578. The Morgan fingerprint density at radius 2 is 1.87 bits per heavy atom. The number of carbonyl (C=O) groups excluding carboxylic acids is 1. The van der Waals surface area contributed by atoms with E-state index in [4.69, 9.17) is 10.5 Å². The van der Waals surface area contributed by atoms with Crippen molar-refractivity contribution in [3.05, 3.63) is 11.6 Å². The molecule has 7 unspecified atom stereocenters. The largest absolute Gasteiger partial charge is 0.446 e. The van der Waals surface area contributed by atoms with Gasteiger partial charge in [0, 0.05) is 6.42 Å². The smallest absolute Gasteiger partial charge is 0.404 e. The molecule has 0 heterocycles. The van der Waals surface area contributed by atoms with Crippen LogP contribution in [0.3, 0.4) is 0 Å². The fraction of sp³-hybridized carbons (Fsp3) is 0.893. The Kier molecular flexibility index (Phi) is 6.54. The van der Waals surface area contributed by atoms with Crippen LogP contribution in [0.1, 0.15) is 105 Å². The second-order valence-electron chi connectivity index (χ2n) is 12.6. The summed E-state index contributed by atoms with van der Waals surface area (Å²) in [5, 5.41) is 0. The van der Waals surface area contributed by atoms with Crippen molar-refractivity contribution in [2.45, 2.75) is 111 Å². The summed E-state index contributed by atoms with van der Waals surface area (Å²) in [6.07, 6.45) is 16.1. The molecule has 2 N–H and O–H groups in total. The minimum atomic E-state index is -0.615. The van der Waals surface area contributed by atoms with Gasteiger partial charge in [-0.2, -0.15) is 0 Å². The average molecular weight is 430 g/mol. The summed E-state index contributed by atoms with van der Waals surface area (Å²) in [6, 6.07) is 0. The van der Waals surface area contributed by atoms with Crippen molar-refractivity contribution in [2.75, 3.05) is 0 Å². The molecule has 4 aliphatic carbocycles. The number of primary amides is 1. The molecule has 0 aromatic rings. The maximum atomic E-state index is 11.3. The van der Waals surface area contributed by atoms with Crippen LogP contribution in [-0.4, -0.2) is 12.2 Å². The molecule has 4 rings (SSSR count). The third kappa shape index (κ3) is 4.20. The SMILES string of the molecule is CC(C)CCCC(C)[C@H]1CCC2C3CC=C4CC(OC(N)=O)CCC4(C)C3CCC21C. The first-order valence-corrected chi connectivity index (χ1v) is 13.3. The van der Waals surface area contributed by atoms with Crippen LogP contribution in [0, 0.1) is 46.3 Å². The van der Waals surface area contributed by atoms with Gasteiger partial charge in [0.2, 0.25) is 0 Å². The summed E-state index contributed by atoms with van der Waals surface area (Å²) in [5.74, 6) is 5.20. The van der Waals surface area contributed by atoms with Gasteiger partial charge >= 0.3 is 6.09 Å². The van der Waals surface area contributed by atoms with Crippen molar-refractivity contribution < 1.29 is 9.53 Å². The molecular weight excluding hydrogens is 382 g/mol. The summed E-state index contributed by atoms with van der Waals surface area (Å²) in [6.45, 7) is 12.5. The van der Waals surface area contributed by atoms with E-state index in [2.05, 4.69) is 40.7 Å². The summed E-state index contributed by atoms with van der Waals surface area (Å²) < 4.78 is 5.39. The highest BCUT2D eigenvalue weighted by Gasteiger charge is 2.59. The van der Waals surface area contributed by atoms with Crippen LogP contribution in [0.25, 0.3) is 0 Å². The first kappa shape index (κ1) is 23.2. The second-order valence-corrected chi connectivity index (χ2v) is 12.6. The molecule has 4 aliphatic rings. The van der Waals surface area contributed by atoms with E-state index in [1.165, 1.54) is 51.4 Å². The molecule has 0 spiro atoms. The van der Waals surface area contributed by atoms with E-state index in [0.29, 0.717) is 10.8 Å². The van der Waals surface area contributed by atoms with Gasteiger partial charge in [-0.3, -0.25) is 0 Å². The van der Waals surface area contributed by atoms with Crippen molar-refractivity contribution in [3.63, 3.8) is 0 Å². The second kappa shape index (κ2) is 8.75. The molecule has 3 nitrogen and oxygen atoms in total. The summed E-state index contributed by atoms with van der Waals surface area (Å²) in [4.78, 5) is 11.3. The number of carbonyl (C=O) groups is 1. The predicted molar refractivity (Wildman–Crippen MR) is 128 cm³/mol. The molecule has 1 amide bonds. The molecule has 0 aromatic heterocycles. The van der Waals surface area contributed by atoms with Gasteiger partial charge in [-0.1, -0.05) is 65.5 Å². The highest BCUT2D eigenvalue weighted by atomic mass is 16.6. The van der Waals surface area contributed by atoms with Crippen LogP contribution in [0.15, 0.2) is 11.6 Å². The first-order valence-electron chi connectivity index (χ1n) is 13.3. The Labute approximate surface area is 190 Å². The quantitative estimate of drug-likeness (QED) is 0.445. The van der Waals surface area contributed by atoms with Gasteiger partial charge in [-0.15, -0.1) is 0 Å². The van der Waals surface area contributed by atoms with Crippen LogP contribution in [0.4, 0.5) is 4.79 Å². The normalized spacial score (nSPS) is 42.9. The van der Waals surface area contributed by atoms with Crippen LogP contribution in [0.5, 0.6) is 0 Å². The van der Waals surface area contributed by atoms with Crippen molar-refractivity contribution >= 4 is 6.09 Å². The number of rotatable bonds is 6. The molecule has 0 radical (unpaired) electrons. The predicted octanol–water partition coefficient (Wildman–Crippen LogP) is 7.49. The Balaban J connectivity index is 1.47. The Hall–Kier alpha value is -0.990. The number of ether oxygens (including phenoxy) is 1. The van der Waals surface area contributed by atoms with Crippen molar-refractivity contribution in [2.24, 2.45) is 52.1 Å². The molecule has 0 bridgehead atoms. The minimum Gasteiger partial charge on any atom is -0.446 e. The fourth-order valence-electron chi connectivity index (χ4n) is 8.92. The Bertz CT molecular complexity index is 699. The third-order valence-corrected chi connectivity index (χ3v) is 10.5. The van der Waals surface area contributed by atoms with Crippen LogP contribution < -0.4 is 5.73 Å². The highest BCUT2D eigenvalue weighted by Crippen LogP contribution is 2.67. The molecule has 31 heavy (non-hydrogen) atoms. The number of hydrogen-bond donors (Lipinski definition) is 1. The Morgan fingerprint density at radius 3 is 2.58 bits per heavy atom. The molecule has 3 heteroatoms. The van der Waals surface area contributed by atoms with Crippen LogP contribution in [-0.2, 0) is 4.74 Å². The standard InChI is InChI=1S/C28H47NO2/c1-18(2)7-6-8-19(3)23-11-12-24-22-10-9-20-17-21(31-26(29)30)13-15-27(20,4)25(22)14-16-28(23,24)5/h9,18-19,21-25H,6-8,10-17H2,1-5H3,(H2,29,30)/t19?,21?,22?,23-,24?,25?,27?,28?/m1/s1. The van der Waals surface area contributed by atoms with E-state index in [1.807, 2.05) is 0 Å². The molecule has 8 atom stereocenters. The third-order valence-electron chi connectivity index (χ3n) is 10.5. The lowest BCUT2D eigenvalue weighted by Crippen LogP contribution is -2.51. The molecule has 0 saturated heterocycles. The minimum absolute atomic E-state index is 0.00946. The summed E-state index contributed by atoms with van der Waals surface area (Å²) in [7, 11) is 0. The zero-order valence-corrected chi connectivity index (χ0v) is 20.8. The van der Waals surface area contributed by atoms with Gasteiger partial charge in [0.15, 0.2) is 0 Å². The lowest BCUT2D eigenvalue weighted by atomic mass is 9.47. The van der Waals surface area contributed by atoms with Gasteiger partial charge in [0.1, 0.15) is 6.10 Å². The number of amides is 1. The Morgan fingerprint density at radius 1 is 1.10 bits per heavy atom. The van der Waals surface area contributed by atoms with Gasteiger partial charge in [0.25, 0.3) is 0 Å². The number of nitrogens with two attached hydrogens (primary N) is 1. The highest BCUT2D eigenvalue weighted by molar-refractivity contribution is 5.64. The van der Waals surface area contributed by atoms with Gasteiger partial charge in [-0.25, -0.2) is 4.79 Å². The number of hydrogen-bond acceptors (Lipinski definition) is 2. The molecule has 3 fully saturated rings. The topological polar surface area (TPSA) is 52.3 Å². The average Bonchev–Trinajstić information content (AvgIpc) is 3.05. The van der Waals surface area contributed by atoms with Gasteiger partial charge in [0.05, 0.1) is 0 Å². The van der Waals surface area contributed by atoms with E-state index in [0.717, 1.165) is 54.8 Å². The zero-order chi connectivity index (χ0) is 22.4. The molecule has 176 valence electrons. The van der Waals surface area contributed by atoms with Crippen molar-refractivity contribution in [3.8, 4) is 0 Å². The maximum absolute atomic E-state index is 11.3. The maximum Gasteiger partial charge on any atom is 0.404 e. The molecule has 0 aromatic carbocycles. The summed E-state index contributed by atoms with van der Waals surface area (Å²) in [5.41, 5.74) is 7.72. The van der Waals surface area contributed by atoms with E-state index >= 15 is 0 Å². The monoisotopic (exact) mass is 429 g/mol.